The molecule has 0 aliphatic carbocycles. The average Bonchev–Trinajstić information content (AvgIpc) is 3.05. The van der Waals surface area contributed by atoms with E-state index in [0.717, 1.165) is 16.9 Å². The van der Waals surface area contributed by atoms with Crippen molar-refractivity contribution in [3.63, 3.8) is 0 Å². The van der Waals surface area contributed by atoms with Crippen molar-refractivity contribution in [2.75, 3.05) is 17.3 Å². The van der Waals surface area contributed by atoms with E-state index in [2.05, 4.69) is 10.2 Å². The van der Waals surface area contributed by atoms with Crippen molar-refractivity contribution in [1.82, 2.24) is 10.2 Å². The van der Waals surface area contributed by atoms with Gasteiger partial charge in [-0.15, -0.1) is 11.6 Å². The standard InChI is InChI=1S/C14H14ClN3O/c15-7-10-6-13(19)18(9-10)14-12(8-16-17-14)11-4-2-1-3-5-11/h1-5,8,10H,6-7,9H2,(H,16,17). The largest absolute Gasteiger partial charge is 0.296 e. The normalized spacial score (nSPS) is 19.1. The Balaban J connectivity index is 1.95. The molecule has 1 saturated heterocycles. The van der Waals surface area contributed by atoms with Crippen LogP contribution in [0.3, 0.4) is 0 Å². The summed E-state index contributed by atoms with van der Waals surface area (Å²) in [6.07, 6.45) is 2.27. The highest BCUT2D eigenvalue weighted by molar-refractivity contribution is 6.18. The number of nitrogens with one attached hydrogen (secondary N) is 1. The Kier molecular flexibility index (Phi) is 3.25. The minimum absolute atomic E-state index is 0.104. The van der Waals surface area contributed by atoms with Crippen molar-refractivity contribution >= 4 is 23.3 Å². The zero-order valence-corrected chi connectivity index (χ0v) is 11.1. The van der Waals surface area contributed by atoms with E-state index < -0.39 is 0 Å². The van der Waals surface area contributed by atoms with Gasteiger partial charge in [-0.05, 0) is 11.5 Å². The van der Waals surface area contributed by atoms with Crippen LogP contribution in [0.25, 0.3) is 11.1 Å². The van der Waals surface area contributed by atoms with Gasteiger partial charge in [-0.1, -0.05) is 30.3 Å². The van der Waals surface area contributed by atoms with Gasteiger partial charge in [-0.25, -0.2) is 0 Å². The van der Waals surface area contributed by atoms with Gasteiger partial charge in [0.15, 0.2) is 0 Å². The number of H-pyrrole nitrogens is 1. The predicted molar refractivity (Wildman–Crippen MR) is 75.2 cm³/mol. The van der Waals surface area contributed by atoms with Crippen LogP contribution in [-0.2, 0) is 4.79 Å². The molecule has 0 spiro atoms. The number of rotatable bonds is 3. The molecule has 0 bridgehead atoms. The highest BCUT2D eigenvalue weighted by Crippen LogP contribution is 2.32. The second kappa shape index (κ2) is 5.05. The minimum atomic E-state index is 0.104. The molecule has 1 aromatic heterocycles. The molecule has 1 aliphatic rings. The maximum atomic E-state index is 12.0. The summed E-state index contributed by atoms with van der Waals surface area (Å²) in [5.74, 6) is 1.61. The first-order valence-electron chi connectivity index (χ1n) is 6.24. The number of hydrogen-bond donors (Lipinski definition) is 1. The number of nitrogens with zero attached hydrogens (tertiary/aromatic N) is 2. The molecule has 1 N–H and O–H groups in total. The first kappa shape index (κ1) is 12.2. The molecular formula is C14H14ClN3O. The summed E-state index contributed by atoms with van der Waals surface area (Å²) in [6.45, 7) is 0.657. The Labute approximate surface area is 116 Å². The van der Waals surface area contributed by atoms with Crippen molar-refractivity contribution < 1.29 is 4.79 Å². The number of hydrogen-bond acceptors (Lipinski definition) is 2. The molecule has 2 heterocycles. The molecule has 0 radical (unpaired) electrons. The van der Waals surface area contributed by atoms with Crippen LogP contribution < -0.4 is 4.90 Å². The zero-order valence-electron chi connectivity index (χ0n) is 10.3. The van der Waals surface area contributed by atoms with Gasteiger partial charge < -0.3 is 0 Å². The number of carbonyl (C=O) groups excluding carboxylic acids is 1. The summed E-state index contributed by atoms with van der Waals surface area (Å²) in [4.78, 5) is 13.8. The molecule has 4 nitrogen and oxygen atoms in total. The lowest BCUT2D eigenvalue weighted by Crippen LogP contribution is -2.25. The smallest absolute Gasteiger partial charge is 0.228 e. The predicted octanol–water partition coefficient (Wildman–Crippen LogP) is 2.67. The third-order valence-electron chi connectivity index (χ3n) is 3.40. The number of benzene rings is 1. The third kappa shape index (κ3) is 2.24. The molecule has 0 saturated carbocycles. The van der Waals surface area contributed by atoms with Crippen LogP contribution in [0, 0.1) is 5.92 Å². The Morgan fingerprint density at radius 2 is 2.16 bits per heavy atom. The fourth-order valence-corrected chi connectivity index (χ4v) is 2.62. The second-order valence-electron chi connectivity index (χ2n) is 4.73. The first-order chi connectivity index (χ1) is 9.29. The van der Waals surface area contributed by atoms with Gasteiger partial charge >= 0.3 is 0 Å². The Hall–Kier alpha value is -1.81. The molecule has 1 aromatic carbocycles. The summed E-state index contributed by atoms with van der Waals surface area (Å²) in [5, 5.41) is 7.01. The Bertz CT molecular complexity index is 581. The number of anilines is 1. The fraction of sp³-hybridized carbons (Fsp3) is 0.286. The number of amides is 1. The molecule has 1 atom stereocenters. The highest BCUT2D eigenvalue weighted by Gasteiger charge is 2.32. The maximum Gasteiger partial charge on any atom is 0.228 e. The number of halogens is 1. The van der Waals surface area contributed by atoms with E-state index in [9.17, 15) is 4.79 Å². The summed E-state index contributed by atoms with van der Waals surface area (Å²) in [5.41, 5.74) is 2.00. The monoisotopic (exact) mass is 275 g/mol. The Morgan fingerprint density at radius 3 is 2.84 bits per heavy atom. The molecule has 1 aliphatic heterocycles. The lowest BCUT2D eigenvalue weighted by Gasteiger charge is -2.16. The van der Waals surface area contributed by atoms with Gasteiger partial charge in [-0.2, -0.15) is 5.10 Å². The van der Waals surface area contributed by atoms with Crippen LogP contribution in [0.2, 0.25) is 0 Å². The van der Waals surface area contributed by atoms with E-state index in [1.165, 1.54) is 0 Å². The SMILES string of the molecule is O=C1CC(CCl)CN1c1[nH]ncc1-c1ccccc1. The molecule has 1 amide bonds. The third-order valence-corrected chi connectivity index (χ3v) is 3.83. The fourth-order valence-electron chi connectivity index (χ4n) is 2.42. The maximum absolute atomic E-state index is 12.0. The van der Waals surface area contributed by atoms with Crippen LogP contribution in [0.5, 0.6) is 0 Å². The summed E-state index contributed by atoms with van der Waals surface area (Å²) in [6, 6.07) is 9.93. The summed E-state index contributed by atoms with van der Waals surface area (Å²) >= 11 is 5.85. The van der Waals surface area contributed by atoms with E-state index in [1.807, 2.05) is 30.3 Å². The van der Waals surface area contributed by atoms with E-state index in [4.69, 9.17) is 11.6 Å². The summed E-state index contributed by atoms with van der Waals surface area (Å²) in [7, 11) is 0. The minimum Gasteiger partial charge on any atom is -0.296 e. The number of alkyl halides is 1. The van der Waals surface area contributed by atoms with Gasteiger partial charge in [0.25, 0.3) is 0 Å². The van der Waals surface area contributed by atoms with Crippen LogP contribution in [0.4, 0.5) is 5.82 Å². The lowest BCUT2D eigenvalue weighted by atomic mass is 10.1. The molecule has 1 fully saturated rings. The first-order valence-corrected chi connectivity index (χ1v) is 6.78. The van der Waals surface area contributed by atoms with Crippen molar-refractivity contribution in [2.24, 2.45) is 5.92 Å². The Morgan fingerprint density at radius 1 is 1.37 bits per heavy atom. The van der Waals surface area contributed by atoms with Crippen LogP contribution >= 0.6 is 11.6 Å². The van der Waals surface area contributed by atoms with Crippen molar-refractivity contribution in [2.45, 2.75) is 6.42 Å². The lowest BCUT2D eigenvalue weighted by molar-refractivity contribution is -0.117. The highest BCUT2D eigenvalue weighted by atomic mass is 35.5. The molecule has 5 heteroatoms. The van der Waals surface area contributed by atoms with E-state index in [0.29, 0.717) is 18.8 Å². The van der Waals surface area contributed by atoms with Crippen molar-refractivity contribution in [3.8, 4) is 11.1 Å². The van der Waals surface area contributed by atoms with E-state index in [1.54, 1.807) is 11.1 Å². The van der Waals surface area contributed by atoms with Crippen molar-refractivity contribution in [3.05, 3.63) is 36.5 Å². The molecule has 19 heavy (non-hydrogen) atoms. The number of aromatic nitrogens is 2. The van der Waals surface area contributed by atoms with E-state index >= 15 is 0 Å². The van der Waals surface area contributed by atoms with Gasteiger partial charge in [0.1, 0.15) is 5.82 Å². The molecular weight excluding hydrogens is 262 g/mol. The number of aromatic amines is 1. The number of carbonyl (C=O) groups is 1. The van der Waals surface area contributed by atoms with Gasteiger partial charge in [-0.3, -0.25) is 14.8 Å². The molecule has 98 valence electrons. The van der Waals surface area contributed by atoms with Gasteiger partial charge in [0.2, 0.25) is 5.91 Å². The average molecular weight is 276 g/mol. The van der Waals surface area contributed by atoms with Gasteiger partial charge in [0, 0.05) is 24.4 Å². The second-order valence-corrected chi connectivity index (χ2v) is 5.04. The quantitative estimate of drug-likeness (QED) is 0.876. The van der Waals surface area contributed by atoms with Crippen LogP contribution in [0.15, 0.2) is 36.5 Å². The molecule has 2 aromatic rings. The van der Waals surface area contributed by atoms with Crippen LogP contribution in [0.1, 0.15) is 6.42 Å². The van der Waals surface area contributed by atoms with Crippen LogP contribution in [-0.4, -0.2) is 28.5 Å². The molecule has 1 unspecified atom stereocenters. The van der Waals surface area contributed by atoms with E-state index in [-0.39, 0.29) is 11.8 Å². The zero-order chi connectivity index (χ0) is 13.2. The van der Waals surface area contributed by atoms with Gasteiger partial charge in [0.05, 0.1) is 6.20 Å². The molecule has 3 rings (SSSR count). The summed E-state index contributed by atoms with van der Waals surface area (Å²) < 4.78 is 0. The topological polar surface area (TPSA) is 49.0 Å². The van der Waals surface area contributed by atoms with Crippen molar-refractivity contribution in [1.29, 1.82) is 0 Å².